The first-order valence-electron chi connectivity index (χ1n) is 15.7. The number of non-ortho nitro benzene ring substituents is 2. The molecule has 4 rings (SSSR count). The lowest BCUT2D eigenvalue weighted by Crippen LogP contribution is -2.55. The quantitative estimate of drug-likeness (QED) is 0.228. The number of hydrogen-bond donors (Lipinski definition) is 0. The standard InChI is InChI=1S/C16H23N3O4.C11H21NO2.C6H4FNO2.2H2S/c1-12-11-17(13-5-7-14(8-6-13)19(21)22)9-10-18(12)15(20)23-16(2,3)4;1-9-7-5-6-8-12(9)10(13)14-11(2,3)4;7-5-1-3-6(4-2-5)8(9)10;;/h5-8,12H,9-11H2,1-4H3;9H,5-8H2,1-4H3;1-4H;2*1H2/t12-;9-;;;/m00.../s1. The third-order valence-corrected chi connectivity index (χ3v) is 7.15. The van der Waals surface area contributed by atoms with E-state index in [0.29, 0.717) is 25.7 Å². The van der Waals surface area contributed by atoms with Gasteiger partial charge in [0.1, 0.15) is 17.0 Å². The van der Waals surface area contributed by atoms with Crippen LogP contribution in [-0.2, 0) is 9.47 Å². The highest BCUT2D eigenvalue weighted by Crippen LogP contribution is 2.24. The molecule has 16 heteroatoms. The van der Waals surface area contributed by atoms with Gasteiger partial charge in [0.15, 0.2) is 0 Å². The average molecular weight is 730 g/mol. The number of nitrogens with zero attached hydrogens (tertiary/aromatic N) is 5. The van der Waals surface area contributed by atoms with Gasteiger partial charge in [0.2, 0.25) is 0 Å². The van der Waals surface area contributed by atoms with E-state index in [4.69, 9.17) is 9.47 Å². The lowest BCUT2D eigenvalue weighted by molar-refractivity contribution is -0.385. The summed E-state index contributed by atoms with van der Waals surface area (Å²) in [5.41, 5.74) is 0.0162. The number of carbonyl (C=O) groups excluding carboxylic acids is 2. The molecule has 2 amide bonds. The first kappa shape index (κ1) is 45.2. The van der Waals surface area contributed by atoms with E-state index in [2.05, 4.69) is 11.8 Å². The average Bonchev–Trinajstić information content (AvgIpc) is 2.96. The normalized spacial score (nSPS) is 17.4. The first-order valence-corrected chi connectivity index (χ1v) is 15.7. The third-order valence-electron chi connectivity index (χ3n) is 7.15. The van der Waals surface area contributed by atoms with Crippen LogP contribution in [0.2, 0.25) is 0 Å². The molecule has 2 aliphatic heterocycles. The van der Waals surface area contributed by atoms with E-state index < -0.39 is 21.3 Å². The summed E-state index contributed by atoms with van der Waals surface area (Å²) in [6.45, 7) is 18.1. The summed E-state index contributed by atoms with van der Waals surface area (Å²) in [5.74, 6) is -0.467. The van der Waals surface area contributed by atoms with Crippen molar-refractivity contribution in [2.75, 3.05) is 31.1 Å². The fraction of sp³-hybridized carbons (Fsp3) is 0.576. The van der Waals surface area contributed by atoms with Crippen LogP contribution in [0.4, 0.5) is 31.0 Å². The van der Waals surface area contributed by atoms with E-state index in [1.807, 2.05) is 53.4 Å². The number of likely N-dealkylation sites (tertiary alicyclic amines) is 1. The van der Waals surface area contributed by atoms with E-state index in [1.165, 1.54) is 18.6 Å². The Morgan fingerprint density at radius 3 is 1.53 bits per heavy atom. The number of halogens is 1. The topological polar surface area (TPSA) is 149 Å². The molecule has 0 radical (unpaired) electrons. The number of ether oxygens (including phenoxy) is 2. The van der Waals surface area contributed by atoms with E-state index in [1.54, 1.807) is 17.0 Å². The van der Waals surface area contributed by atoms with Crippen molar-refractivity contribution in [1.82, 2.24) is 9.80 Å². The van der Waals surface area contributed by atoms with Crippen LogP contribution in [0.5, 0.6) is 0 Å². The summed E-state index contributed by atoms with van der Waals surface area (Å²) in [4.78, 5) is 49.3. The van der Waals surface area contributed by atoms with Gasteiger partial charge < -0.3 is 24.2 Å². The van der Waals surface area contributed by atoms with Crippen molar-refractivity contribution in [2.24, 2.45) is 0 Å². The summed E-state index contributed by atoms with van der Waals surface area (Å²) >= 11 is 0. The predicted molar refractivity (Wildman–Crippen MR) is 198 cm³/mol. The zero-order valence-electron chi connectivity index (χ0n) is 29.6. The molecule has 2 aromatic rings. The minimum atomic E-state index is -0.570. The van der Waals surface area contributed by atoms with Crippen LogP contribution in [0, 0.1) is 26.0 Å². The zero-order valence-corrected chi connectivity index (χ0v) is 31.6. The second-order valence-electron chi connectivity index (χ2n) is 13.5. The zero-order chi connectivity index (χ0) is 35.5. The molecule has 276 valence electrons. The molecule has 0 saturated carbocycles. The largest absolute Gasteiger partial charge is 0.444 e. The second kappa shape index (κ2) is 20.0. The van der Waals surface area contributed by atoms with Crippen molar-refractivity contribution in [3.8, 4) is 0 Å². The molecule has 0 aromatic heterocycles. The van der Waals surface area contributed by atoms with Gasteiger partial charge >= 0.3 is 12.2 Å². The molecule has 2 atom stereocenters. The smallest absolute Gasteiger partial charge is 0.410 e. The van der Waals surface area contributed by atoms with Crippen LogP contribution in [0.1, 0.15) is 74.7 Å². The van der Waals surface area contributed by atoms with Crippen molar-refractivity contribution >= 4 is 56.2 Å². The molecule has 2 aromatic carbocycles. The van der Waals surface area contributed by atoms with E-state index >= 15 is 0 Å². The molecule has 0 unspecified atom stereocenters. The third kappa shape index (κ3) is 16.0. The number of piperazine rings is 1. The fourth-order valence-electron chi connectivity index (χ4n) is 4.82. The van der Waals surface area contributed by atoms with Crippen LogP contribution in [0.25, 0.3) is 0 Å². The highest BCUT2D eigenvalue weighted by atomic mass is 32.1. The summed E-state index contributed by atoms with van der Waals surface area (Å²) in [7, 11) is 0. The lowest BCUT2D eigenvalue weighted by atomic mass is 10.0. The maximum Gasteiger partial charge on any atom is 0.410 e. The summed E-state index contributed by atoms with van der Waals surface area (Å²) < 4.78 is 22.9. The van der Waals surface area contributed by atoms with Crippen molar-refractivity contribution < 1.29 is 33.3 Å². The van der Waals surface area contributed by atoms with Crippen LogP contribution in [0.3, 0.4) is 0 Å². The fourth-order valence-corrected chi connectivity index (χ4v) is 4.82. The lowest BCUT2D eigenvalue weighted by Gasteiger charge is -2.41. The van der Waals surface area contributed by atoms with Crippen LogP contribution in [-0.4, -0.2) is 81.3 Å². The molecule has 49 heavy (non-hydrogen) atoms. The number of anilines is 1. The number of amides is 2. The molecule has 2 aliphatic rings. The Kier molecular flexibility index (Phi) is 18.5. The first-order chi connectivity index (χ1) is 21.8. The van der Waals surface area contributed by atoms with Crippen LogP contribution >= 0.6 is 27.0 Å². The van der Waals surface area contributed by atoms with E-state index in [-0.39, 0.29) is 62.2 Å². The molecule has 2 heterocycles. The maximum atomic E-state index is 12.2. The molecule has 0 aliphatic carbocycles. The Morgan fingerprint density at radius 1 is 0.714 bits per heavy atom. The van der Waals surface area contributed by atoms with Gasteiger partial charge in [0.25, 0.3) is 11.4 Å². The number of rotatable bonds is 3. The Labute approximate surface area is 302 Å². The van der Waals surface area contributed by atoms with Gasteiger partial charge in [-0.2, -0.15) is 27.0 Å². The Balaban J connectivity index is 0.000000758. The number of piperidine rings is 1. The van der Waals surface area contributed by atoms with Gasteiger partial charge in [-0.1, -0.05) is 0 Å². The van der Waals surface area contributed by atoms with E-state index in [0.717, 1.165) is 49.3 Å². The van der Waals surface area contributed by atoms with Gasteiger partial charge in [-0.15, -0.1) is 0 Å². The van der Waals surface area contributed by atoms with Gasteiger partial charge in [-0.3, -0.25) is 20.2 Å². The summed E-state index contributed by atoms with van der Waals surface area (Å²) in [6.07, 6.45) is 2.96. The van der Waals surface area contributed by atoms with Gasteiger partial charge in [-0.25, -0.2) is 14.0 Å². The molecule has 0 N–H and O–H groups in total. The van der Waals surface area contributed by atoms with Gasteiger partial charge in [0.05, 0.1) is 9.85 Å². The molecule has 0 bridgehead atoms. The van der Waals surface area contributed by atoms with Gasteiger partial charge in [-0.05, 0) is 98.9 Å². The Hall–Kier alpha value is -3.79. The molecular weight excluding hydrogens is 678 g/mol. The van der Waals surface area contributed by atoms with Gasteiger partial charge in [0, 0.05) is 68.2 Å². The van der Waals surface area contributed by atoms with Crippen molar-refractivity contribution in [2.45, 2.75) is 97.9 Å². The maximum absolute atomic E-state index is 12.2. The minimum Gasteiger partial charge on any atom is -0.444 e. The molecule has 2 saturated heterocycles. The number of benzene rings is 2. The molecule has 13 nitrogen and oxygen atoms in total. The van der Waals surface area contributed by atoms with Crippen molar-refractivity contribution in [3.05, 3.63) is 74.6 Å². The second-order valence-corrected chi connectivity index (χ2v) is 13.5. The van der Waals surface area contributed by atoms with Crippen LogP contribution in [0.15, 0.2) is 48.5 Å². The highest BCUT2D eigenvalue weighted by Gasteiger charge is 2.31. The monoisotopic (exact) mass is 729 g/mol. The number of nitro groups is 2. The van der Waals surface area contributed by atoms with Crippen LogP contribution < -0.4 is 4.90 Å². The van der Waals surface area contributed by atoms with E-state index in [9.17, 15) is 34.2 Å². The SMILES string of the molecule is C[C@H]1CCCCN1C(=O)OC(C)(C)C.C[C@H]1CN(c2ccc([N+](=O)[O-])cc2)CCN1C(=O)OC(C)(C)C.O=[N+]([O-])c1ccc(F)cc1.S.S. The molecule has 0 spiro atoms. The Bertz CT molecular complexity index is 1350. The van der Waals surface area contributed by atoms with Crippen molar-refractivity contribution in [1.29, 1.82) is 0 Å². The minimum absolute atomic E-state index is 0. The molecular formula is C33H52FN5O8S2. The predicted octanol–water partition coefficient (Wildman–Crippen LogP) is 7.80. The number of nitro benzene ring substituents is 2. The highest BCUT2D eigenvalue weighted by molar-refractivity contribution is 7.59. The Morgan fingerprint density at radius 2 is 1.14 bits per heavy atom. The number of hydrogen-bond acceptors (Lipinski definition) is 9. The summed E-state index contributed by atoms with van der Waals surface area (Å²) in [6, 6.07) is 11.2. The van der Waals surface area contributed by atoms with Crippen molar-refractivity contribution in [3.63, 3.8) is 0 Å². The summed E-state index contributed by atoms with van der Waals surface area (Å²) in [5, 5.41) is 20.7. The molecule has 2 fully saturated rings. The number of carbonyl (C=O) groups is 2.